The van der Waals surface area contributed by atoms with Gasteiger partial charge in [0.05, 0.1) is 0 Å². The molecule has 0 saturated heterocycles. The SMILES string of the molecule is CCCCCCCCC=C1CC1C. The molecule has 0 aromatic carbocycles. The molecule has 0 nitrogen and oxygen atoms in total. The first-order valence-corrected chi connectivity index (χ1v) is 6.03. The summed E-state index contributed by atoms with van der Waals surface area (Å²) < 4.78 is 0. The summed E-state index contributed by atoms with van der Waals surface area (Å²) in [4.78, 5) is 0. The highest BCUT2D eigenvalue weighted by Crippen LogP contribution is 2.37. The molecule has 1 aliphatic rings. The Morgan fingerprint density at radius 1 is 1.15 bits per heavy atom. The molecule has 0 spiro atoms. The summed E-state index contributed by atoms with van der Waals surface area (Å²) in [6.45, 7) is 4.60. The van der Waals surface area contributed by atoms with E-state index < -0.39 is 0 Å². The van der Waals surface area contributed by atoms with Crippen LogP contribution >= 0.6 is 0 Å². The van der Waals surface area contributed by atoms with Crippen molar-refractivity contribution in [1.82, 2.24) is 0 Å². The predicted molar refractivity (Wildman–Crippen MR) is 59.9 cm³/mol. The lowest BCUT2D eigenvalue weighted by molar-refractivity contribution is 0.611. The fourth-order valence-electron chi connectivity index (χ4n) is 1.79. The van der Waals surface area contributed by atoms with E-state index in [2.05, 4.69) is 19.9 Å². The molecular formula is C13H24. The van der Waals surface area contributed by atoms with Crippen LogP contribution in [0.25, 0.3) is 0 Å². The lowest BCUT2D eigenvalue weighted by Gasteiger charge is -1.97. The Hall–Kier alpha value is -0.260. The molecule has 0 N–H and O–H groups in total. The van der Waals surface area contributed by atoms with Crippen molar-refractivity contribution in [2.45, 2.75) is 65.2 Å². The fourth-order valence-corrected chi connectivity index (χ4v) is 1.79. The summed E-state index contributed by atoms with van der Waals surface area (Å²) in [5.74, 6) is 0.931. The van der Waals surface area contributed by atoms with E-state index in [1.807, 2.05) is 0 Å². The van der Waals surface area contributed by atoms with E-state index in [4.69, 9.17) is 0 Å². The second-order valence-corrected chi connectivity index (χ2v) is 4.44. The Bertz CT molecular complexity index is 155. The van der Waals surface area contributed by atoms with Crippen LogP contribution in [0.4, 0.5) is 0 Å². The summed E-state index contributed by atoms with van der Waals surface area (Å²) in [5, 5.41) is 0. The van der Waals surface area contributed by atoms with E-state index >= 15 is 0 Å². The minimum Gasteiger partial charge on any atom is -0.0850 e. The zero-order chi connectivity index (χ0) is 9.52. The van der Waals surface area contributed by atoms with Crippen LogP contribution in [0.1, 0.15) is 65.2 Å². The van der Waals surface area contributed by atoms with Crippen molar-refractivity contribution in [2.75, 3.05) is 0 Å². The molecule has 0 radical (unpaired) electrons. The summed E-state index contributed by atoms with van der Waals surface area (Å²) in [6, 6.07) is 0. The van der Waals surface area contributed by atoms with Gasteiger partial charge < -0.3 is 0 Å². The minimum absolute atomic E-state index is 0.931. The van der Waals surface area contributed by atoms with Crippen molar-refractivity contribution in [3.05, 3.63) is 11.6 Å². The summed E-state index contributed by atoms with van der Waals surface area (Å²) in [6.07, 6.45) is 13.7. The van der Waals surface area contributed by atoms with Gasteiger partial charge in [0, 0.05) is 0 Å². The van der Waals surface area contributed by atoms with Crippen molar-refractivity contribution in [3.8, 4) is 0 Å². The molecular weight excluding hydrogens is 156 g/mol. The van der Waals surface area contributed by atoms with Gasteiger partial charge in [0.1, 0.15) is 0 Å². The third kappa shape index (κ3) is 5.13. The van der Waals surface area contributed by atoms with Crippen LogP contribution in [0.3, 0.4) is 0 Å². The standard InChI is InChI=1S/C13H24/c1-3-4-5-6-7-8-9-10-13-11-12(13)2/h10,12H,3-9,11H2,1-2H3. The van der Waals surface area contributed by atoms with Crippen molar-refractivity contribution in [2.24, 2.45) is 5.92 Å². The largest absolute Gasteiger partial charge is 0.0850 e. The van der Waals surface area contributed by atoms with Crippen LogP contribution in [0.2, 0.25) is 0 Å². The van der Waals surface area contributed by atoms with E-state index in [1.165, 1.54) is 51.4 Å². The van der Waals surface area contributed by atoms with E-state index in [9.17, 15) is 0 Å². The molecule has 1 fully saturated rings. The van der Waals surface area contributed by atoms with Crippen LogP contribution in [-0.4, -0.2) is 0 Å². The second kappa shape index (κ2) is 6.23. The molecule has 13 heavy (non-hydrogen) atoms. The van der Waals surface area contributed by atoms with Gasteiger partial charge in [-0.1, -0.05) is 57.6 Å². The number of allylic oxidation sites excluding steroid dienone is 2. The Balaban J connectivity index is 1.79. The Morgan fingerprint density at radius 2 is 1.77 bits per heavy atom. The van der Waals surface area contributed by atoms with E-state index in [0.717, 1.165) is 5.92 Å². The molecule has 1 rings (SSSR count). The summed E-state index contributed by atoms with van der Waals surface area (Å²) in [5.41, 5.74) is 1.72. The first kappa shape index (κ1) is 10.8. The third-order valence-corrected chi connectivity index (χ3v) is 2.98. The molecule has 0 amide bonds. The molecule has 0 heterocycles. The zero-order valence-electron chi connectivity index (χ0n) is 9.31. The van der Waals surface area contributed by atoms with Crippen molar-refractivity contribution in [1.29, 1.82) is 0 Å². The minimum atomic E-state index is 0.931. The number of hydrogen-bond donors (Lipinski definition) is 0. The van der Waals surface area contributed by atoms with Gasteiger partial charge in [-0.2, -0.15) is 0 Å². The zero-order valence-corrected chi connectivity index (χ0v) is 9.31. The maximum absolute atomic E-state index is 2.48. The molecule has 0 bridgehead atoms. The molecule has 0 heteroatoms. The quantitative estimate of drug-likeness (QED) is 0.393. The van der Waals surface area contributed by atoms with Crippen LogP contribution in [0.15, 0.2) is 11.6 Å². The molecule has 1 saturated carbocycles. The lowest BCUT2D eigenvalue weighted by atomic mass is 10.1. The normalized spacial score (nSPS) is 23.8. The molecule has 76 valence electrons. The number of unbranched alkanes of at least 4 members (excludes halogenated alkanes) is 6. The van der Waals surface area contributed by atoms with Gasteiger partial charge >= 0.3 is 0 Å². The van der Waals surface area contributed by atoms with Gasteiger partial charge in [0.15, 0.2) is 0 Å². The van der Waals surface area contributed by atoms with Gasteiger partial charge in [-0.15, -0.1) is 0 Å². The highest BCUT2D eigenvalue weighted by atomic mass is 14.3. The van der Waals surface area contributed by atoms with Crippen molar-refractivity contribution < 1.29 is 0 Å². The second-order valence-electron chi connectivity index (χ2n) is 4.44. The predicted octanol–water partition coefficient (Wildman–Crippen LogP) is 4.70. The monoisotopic (exact) mass is 180 g/mol. The average molecular weight is 180 g/mol. The van der Waals surface area contributed by atoms with Crippen LogP contribution in [0, 0.1) is 5.92 Å². The van der Waals surface area contributed by atoms with Gasteiger partial charge in [-0.3, -0.25) is 0 Å². The topological polar surface area (TPSA) is 0 Å². The maximum atomic E-state index is 2.48. The van der Waals surface area contributed by atoms with Gasteiger partial charge in [-0.05, 0) is 25.2 Å². The van der Waals surface area contributed by atoms with Crippen molar-refractivity contribution >= 4 is 0 Å². The van der Waals surface area contributed by atoms with E-state index in [0.29, 0.717) is 0 Å². The Kier molecular flexibility index (Phi) is 5.19. The first-order chi connectivity index (χ1) is 6.34. The molecule has 0 aromatic rings. The van der Waals surface area contributed by atoms with E-state index in [1.54, 1.807) is 5.57 Å². The Morgan fingerprint density at radius 3 is 2.38 bits per heavy atom. The van der Waals surface area contributed by atoms with Gasteiger partial charge in [0.25, 0.3) is 0 Å². The molecule has 0 aliphatic heterocycles. The van der Waals surface area contributed by atoms with Crippen LogP contribution < -0.4 is 0 Å². The highest BCUT2D eigenvalue weighted by molar-refractivity contribution is 5.21. The maximum Gasteiger partial charge on any atom is -0.0194 e. The lowest BCUT2D eigenvalue weighted by Crippen LogP contribution is -1.77. The number of rotatable bonds is 7. The summed E-state index contributed by atoms with van der Waals surface area (Å²) >= 11 is 0. The van der Waals surface area contributed by atoms with E-state index in [-0.39, 0.29) is 0 Å². The molecule has 1 aliphatic carbocycles. The third-order valence-electron chi connectivity index (χ3n) is 2.98. The van der Waals surface area contributed by atoms with Crippen LogP contribution in [-0.2, 0) is 0 Å². The van der Waals surface area contributed by atoms with Crippen molar-refractivity contribution in [3.63, 3.8) is 0 Å². The molecule has 1 unspecified atom stereocenters. The molecule has 1 atom stereocenters. The first-order valence-electron chi connectivity index (χ1n) is 6.03. The molecule has 0 aromatic heterocycles. The highest BCUT2D eigenvalue weighted by Gasteiger charge is 2.22. The Labute approximate surface area is 83.4 Å². The van der Waals surface area contributed by atoms with Crippen LogP contribution in [0.5, 0.6) is 0 Å². The van der Waals surface area contributed by atoms with Gasteiger partial charge in [0.2, 0.25) is 0 Å². The summed E-state index contributed by atoms with van der Waals surface area (Å²) in [7, 11) is 0. The smallest absolute Gasteiger partial charge is 0.0194 e. The number of hydrogen-bond acceptors (Lipinski definition) is 0. The average Bonchev–Trinajstić information content (AvgIpc) is 2.81. The van der Waals surface area contributed by atoms with Gasteiger partial charge in [-0.25, -0.2) is 0 Å². The fraction of sp³-hybridized carbons (Fsp3) is 0.846.